The first-order valence-electron chi connectivity index (χ1n) is 6.40. The summed E-state index contributed by atoms with van der Waals surface area (Å²) in [7, 11) is 0. The Morgan fingerprint density at radius 1 is 1.22 bits per heavy atom. The van der Waals surface area contributed by atoms with E-state index in [9.17, 15) is 0 Å². The van der Waals surface area contributed by atoms with Crippen LogP contribution in [0.5, 0.6) is 0 Å². The van der Waals surface area contributed by atoms with Crippen LogP contribution in [0.1, 0.15) is 29.0 Å². The molecule has 0 saturated carbocycles. The van der Waals surface area contributed by atoms with E-state index in [0.717, 1.165) is 13.1 Å². The first-order valence-corrected chi connectivity index (χ1v) is 7.28. The van der Waals surface area contributed by atoms with Gasteiger partial charge in [0.25, 0.3) is 0 Å². The number of anilines is 1. The van der Waals surface area contributed by atoms with Gasteiger partial charge in [0, 0.05) is 29.7 Å². The summed E-state index contributed by atoms with van der Waals surface area (Å²) in [6.45, 7) is 4.18. The Morgan fingerprint density at radius 3 is 2.72 bits per heavy atom. The second-order valence-electron chi connectivity index (χ2n) is 4.92. The van der Waals surface area contributed by atoms with Crippen molar-refractivity contribution in [2.75, 3.05) is 11.4 Å². The number of benzene rings is 1. The van der Waals surface area contributed by atoms with E-state index >= 15 is 0 Å². The average molecular weight is 258 g/mol. The second-order valence-corrected chi connectivity index (χ2v) is 5.92. The van der Waals surface area contributed by atoms with Crippen molar-refractivity contribution in [1.82, 2.24) is 0 Å². The molecule has 1 atom stereocenters. The highest BCUT2D eigenvalue weighted by molar-refractivity contribution is 7.10. The van der Waals surface area contributed by atoms with Crippen LogP contribution in [0.25, 0.3) is 0 Å². The number of fused-ring (bicyclic) bond motifs is 1. The molecule has 94 valence electrons. The summed E-state index contributed by atoms with van der Waals surface area (Å²) < 4.78 is 0. The molecule has 3 heteroatoms. The molecule has 0 spiro atoms. The van der Waals surface area contributed by atoms with Crippen molar-refractivity contribution >= 4 is 17.0 Å². The van der Waals surface area contributed by atoms with E-state index in [1.807, 2.05) is 18.3 Å². The van der Waals surface area contributed by atoms with Gasteiger partial charge in [-0.15, -0.1) is 11.3 Å². The third kappa shape index (κ3) is 2.16. The van der Waals surface area contributed by atoms with Gasteiger partial charge in [-0.1, -0.05) is 12.1 Å². The van der Waals surface area contributed by atoms with Crippen LogP contribution in [-0.2, 0) is 13.0 Å². The first-order chi connectivity index (χ1) is 8.74. The number of hydrogen-bond donors (Lipinski definition) is 1. The van der Waals surface area contributed by atoms with Crippen molar-refractivity contribution in [3.05, 3.63) is 51.7 Å². The molecule has 2 N–H and O–H groups in total. The van der Waals surface area contributed by atoms with E-state index in [1.165, 1.54) is 23.2 Å². The van der Waals surface area contributed by atoms with Gasteiger partial charge in [0.2, 0.25) is 0 Å². The third-order valence-electron chi connectivity index (χ3n) is 3.59. The summed E-state index contributed by atoms with van der Waals surface area (Å²) in [5.41, 5.74) is 9.87. The molecule has 3 rings (SSSR count). The Bertz CT molecular complexity index is 528. The quantitative estimate of drug-likeness (QED) is 0.895. The van der Waals surface area contributed by atoms with Gasteiger partial charge in [0.05, 0.1) is 0 Å². The van der Waals surface area contributed by atoms with Gasteiger partial charge in [-0.05, 0) is 48.1 Å². The zero-order valence-corrected chi connectivity index (χ0v) is 11.4. The molecule has 2 aromatic rings. The number of nitrogens with zero attached hydrogens (tertiary/aromatic N) is 1. The average Bonchev–Trinajstić information content (AvgIpc) is 2.86. The minimum Gasteiger partial charge on any atom is -0.367 e. The van der Waals surface area contributed by atoms with Crippen LogP contribution < -0.4 is 10.6 Å². The highest BCUT2D eigenvalue weighted by atomic mass is 32.1. The molecule has 0 aliphatic carbocycles. The topological polar surface area (TPSA) is 29.3 Å². The minimum atomic E-state index is 0.115. The number of nitrogens with two attached hydrogens (primary N) is 1. The Balaban J connectivity index is 1.80. The molecule has 2 nitrogen and oxygen atoms in total. The lowest BCUT2D eigenvalue weighted by Gasteiger charge is -2.29. The molecule has 0 bridgehead atoms. The van der Waals surface area contributed by atoms with Crippen molar-refractivity contribution in [1.29, 1.82) is 0 Å². The SMILES string of the molecule is C[C@@H](N)c1ccc(N2CCc3sccc3C2)cc1. The normalized spacial score (nSPS) is 16.4. The van der Waals surface area contributed by atoms with Gasteiger partial charge in [0.1, 0.15) is 0 Å². The molecule has 0 saturated heterocycles. The fraction of sp³-hybridized carbons (Fsp3) is 0.333. The van der Waals surface area contributed by atoms with Crippen molar-refractivity contribution in [3.8, 4) is 0 Å². The first kappa shape index (κ1) is 11.8. The van der Waals surface area contributed by atoms with E-state index in [1.54, 1.807) is 4.88 Å². The molecule has 2 heterocycles. The lowest BCUT2D eigenvalue weighted by atomic mass is 10.1. The predicted octanol–water partition coefficient (Wildman–Crippen LogP) is 3.33. The van der Waals surface area contributed by atoms with Crippen LogP contribution in [0.15, 0.2) is 35.7 Å². The Labute approximate surface area is 112 Å². The van der Waals surface area contributed by atoms with Gasteiger partial charge >= 0.3 is 0 Å². The van der Waals surface area contributed by atoms with Crippen LogP contribution in [-0.4, -0.2) is 6.54 Å². The lowest BCUT2D eigenvalue weighted by molar-refractivity contribution is 0.742. The Morgan fingerprint density at radius 2 is 2.00 bits per heavy atom. The Kier molecular flexibility index (Phi) is 3.10. The van der Waals surface area contributed by atoms with Gasteiger partial charge in [-0.2, -0.15) is 0 Å². The maximum Gasteiger partial charge on any atom is 0.0440 e. The van der Waals surface area contributed by atoms with Gasteiger partial charge < -0.3 is 10.6 Å². The van der Waals surface area contributed by atoms with Crippen LogP contribution >= 0.6 is 11.3 Å². The van der Waals surface area contributed by atoms with Crippen molar-refractivity contribution in [3.63, 3.8) is 0 Å². The van der Waals surface area contributed by atoms with Crippen LogP contribution in [0, 0.1) is 0 Å². The molecular weight excluding hydrogens is 240 g/mol. The van der Waals surface area contributed by atoms with Crippen LogP contribution in [0.2, 0.25) is 0 Å². The highest BCUT2D eigenvalue weighted by Gasteiger charge is 2.17. The van der Waals surface area contributed by atoms with E-state index in [-0.39, 0.29) is 6.04 Å². The summed E-state index contributed by atoms with van der Waals surface area (Å²) in [5.74, 6) is 0. The summed E-state index contributed by atoms with van der Waals surface area (Å²) in [6.07, 6.45) is 1.17. The predicted molar refractivity (Wildman–Crippen MR) is 78.1 cm³/mol. The van der Waals surface area contributed by atoms with Gasteiger partial charge in [0.15, 0.2) is 0 Å². The minimum absolute atomic E-state index is 0.115. The molecule has 0 fully saturated rings. The molecule has 18 heavy (non-hydrogen) atoms. The molecule has 1 aromatic carbocycles. The molecular formula is C15H18N2S. The van der Waals surface area contributed by atoms with Crippen LogP contribution in [0.4, 0.5) is 5.69 Å². The molecule has 0 unspecified atom stereocenters. The van der Waals surface area contributed by atoms with Gasteiger partial charge in [-0.25, -0.2) is 0 Å². The number of thiophene rings is 1. The van der Waals surface area contributed by atoms with Gasteiger partial charge in [-0.3, -0.25) is 0 Å². The summed E-state index contributed by atoms with van der Waals surface area (Å²) in [5, 5.41) is 2.20. The largest absolute Gasteiger partial charge is 0.367 e. The molecule has 1 aliphatic heterocycles. The van der Waals surface area contributed by atoms with Crippen molar-refractivity contribution in [2.45, 2.75) is 25.9 Å². The lowest BCUT2D eigenvalue weighted by Crippen LogP contribution is -2.29. The Hall–Kier alpha value is -1.32. The van der Waals surface area contributed by atoms with E-state index in [4.69, 9.17) is 5.73 Å². The fourth-order valence-electron chi connectivity index (χ4n) is 2.46. The van der Waals surface area contributed by atoms with E-state index in [0.29, 0.717) is 0 Å². The zero-order valence-electron chi connectivity index (χ0n) is 10.6. The number of rotatable bonds is 2. The monoisotopic (exact) mass is 258 g/mol. The molecule has 1 aromatic heterocycles. The fourth-order valence-corrected chi connectivity index (χ4v) is 3.35. The zero-order chi connectivity index (χ0) is 12.5. The van der Waals surface area contributed by atoms with Crippen molar-refractivity contribution < 1.29 is 0 Å². The highest BCUT2D eigenvalue weighted by Crippen LogP contribution is 2.28. The molecule has 1 aliphatic rings. The summed E-state index contributed by atoms with van der Waals surface area (Å²) in [6, 6.07) is 11.0. The maximum atomic E-state index is 5.88. The number of hydrogen-bond acceptors (Lipinski definition) is 3. The van der Waals surface area contributed by atoms with E-state index in [2.05, 4.69) is 40.6 Å². The standard InChI is InChI=1S/C15H18N2S/c1-11(16)12-2-4-14(5-3-12)17-8-6-15-13(10-17)7-9-18-15/h2-5,7,9,11H,6,8,10,16H2,1H3/t11-/m1/s1. The third-order valence-corrected chi connectivity index (χ3v) is 4.61. The van der Waals surface area contributed by atoms with Crippen molar-refractivity contribution in [2.24, 2.45) is 5.73 Å². The summed E-state index contributed by atoms with van der Waals surface area (Å²) >= 11 is 1.89. The summed E-state index contributed by atoms with van der Waals surface area (Å²) in [4.78, 5) is 4.00. The molecule has 0 radical (unpaired) electrons. The smallest absolute Gasteiger partial charge is 0.0440 e. The van der Waals surface area contributed by atoms with Crippen LogP contribution in [0.3, 0.4) is 0 Å². The molecule has 0 amide bonds. The van der Waals surface area contributed by atoms with E-state index < -0.39 is 0 Å². The second kappa shape index (κ2) is 4.75. The maximum absolute atomic E-state index is 5.88.